The maximum atomic E-state index is 9.26. The number of nitrogens with zero attached hydrogens (tertiary/aromatic N) is 4. The lowest BCUT2D eigenvalue weighted by atomic mass is 9.88. The highest BCUT2D eigenvalue weighted by molar-refractivity contribution is 6.55. The first-order valence-electron chi connectivity index (χ1n) is 17.7. The molecule has 2 N–H and O–H groups in total. The van der Waals surface area contributed by atoms with Crippen LogP contribution in [0, 0.1) is 5.41 Å². The minimum absolute atomic E-state index is 0.342. The van der Waals surface area contributed by atoms with Gasteiger partial charge in [0.15, 0.2) is 17.5 Å². The van der Waals surface area contributed by atoms with E-state index in [4.69, 9.17) is 19.4 Å². The average Bonchev–Trinajstić information content (AvgIpc) is 3.62. The van der Waals surface area contributed by atoms with Gasteiger partial charge in [0.1, 0.15) is 16.9 Å². The van der Waals surface area contributed by atoms with Crippen molar-refractivity contribution < 1.29 is 4.42 Å². The molecule has 2 heterocycles. The molecule has 9 aromatic rings. The van der Waals surface area contributed by atoms with E-state index in [0.29, 0.717) is 28.9 Å². The molecule has 10 rings (SSSR count). The van der Waals surface area contributed by atoms with E-state index >= 15 is 0 Å². The van der Waals surface area contributed by atoms with Gasteiger partial charge in [-0.1, -0.05) is 121 Å². The van der Waals surface area contributed by atoms with Crippen LogP contribution in [-0.2, 0) is 0 Å². The van der Waals surface area contributed by atoms with Gasteiger partial charge in [-0.2, -0.15) is 5.10 Å². The third-order valence-electron chi connectivity index (χ3n) is 9.84. The highest BCUT2D eigenvalue weighted by Crippen LogP contribution is 2.35. The number of hydrazone groups is 1. The van der Waals surface area contributed by atoms with Crippen LogP contribution in [0.3, 0.4) is 0 Å². The van der Waals surface area contributed by atoms with Crippen molar-refractivity contribution in [2.45, 2.75) is 0 Å². The number of benzene rings is 7. The maximum absolute atomic E-state index is 9.26. The molecule has 0 unspecified atom stereocenters. The predicted molar refractivity (Wildman–Crippen MR) is 220 cm³/mol. The van der Waals surface area contributed by atoms with Crippen LogP contribution in [0.1, 0.15) is 11.1 Å². The van der Waals surface area contributed by atoms with Crippen molar-refractivity contribution in [3.63, 3.8) is 0 Å². The van der Waals surface area contributed by atoms with Crippen molar-refractivity contribution in [2.24, 2.45) is 5.10 Å². The summed E-state index contributed by atoms with van der Waals surface area (Å²) in [6, 6.07) is 52.8. The van der Waals surface area contributed by atoms with Crippen LogP contribution in [0.15, 0.2) is 173 Å². The Morgan fingerprint density at radius 3 is 1.83 bits per heavy atom. The summed E-state index contributed by atoms with van der Waals surface area (Å²) in [5, 5.41) is 17.8. The predicted octanol–water partition coefficient (Wildman–Crippen LogP) is 11.5. The number of hydrogen-bond acceptors (Lipinski definition) is 7. The second-order valence-corrected chi connectivity index (χ2v) is 13.2. The van der Waals surface area contributed by atoms with Crippen LogP contribution >= 0.6 is 0 Å². The molecule has 2 aromatic heterocycles. The largest absolute Gasteiger partial charge is 0.456 e. The molecule has 0 aliphatic heterocycles. The molecule has 1 aliphatic carbocycles. The van der Waals surface area contributed by atoms with Gasteiger partial charge in [-0.3, -0.25) is 10.8 Å². The molecule has 54 heavy (non-hydrogen) atoms. The summed E-state index contributed by atoms with van der Waals surface area (Å²) in [5.41, 5.74) is 13.1. The van der Waals surface area contributed by atoms with E-state index in [9.17, 15) is 5.41 Å². The Morgan fingerprint density at radius 1 is 0.481 bits per heavy atom. The van der Waals surface area contributed by atoms with E-state index in [1.807, 2.05) is 97.1 Å². The number of para-hydroxylation sites is 2. The Balaban J connectivity index is 1.10. The first kappa shape index (κ1) is 31.2. The lowest BCUT2D eigenvalue weighted by Gasteiger charge is -2.17. The van der Waals surface area contributed by atoms with E-state index in [2.05, 4.69) is 83.3 Å². The lowest BCUT2D eigenvalue weighted by molar-refractivity contribution is 0.669. The molecule has 7 nitrogen and oxygen atoms in total. The third-order valence-corrected chi connectivity index (χ3v) is 9.84. The van der Waals surface area contributed by atoms with Gasteiger partial charge < -0.3 is 4.42 Å². The van der Waals surface area contributed by atoms with Crippen LogP contribution in [-0.4, -0.2) is 26.4 Å². The second-order valence-electron chi connectivity index (χ2n) is 13.2. The molecule has 0 atom stereocenters. The number of furan rings is 1. The van der Waals surface area contributed by atoms with Gasteiger partial charge in [-0.25, -0.2) is 15.0 Å². The normalized spacial score (nSPS) is 13.2. The quantitative estimate of drug-likeness (QED) is 0.169. The Hall–Kier alpha value is -7.51. The van der Waals surface area contributed by atoms with Crippen molar-refractivity contribution in [2.75, 3.05) is 5.43 Å². The summed E-state index contributed by atoms with van der Waals surface area (Å²) in [6.07, 6.45) is 3.89. The summed E-state index contributed by atoms with van der Waals surface area (Å²) in [5.74, 6) is 1.66. The van der Waals surface area contributed by atoms with E-state index in [1.54, 1.807) is 0 Å². The molecule has 0 bridgehead atoms. The van der Waals surface area contributed by atoms with Gasteiger partial charge in [0.25, 0.3) is 0 Å². The Kier molecular flexibility index (Phi) is 7.47. The molecule has 7 heteroatoms. The van der Waals surface area contributed by atoms with Gasteiger partial charge in [-0.05, 0) is 76.0 Å². The van der Waals surface area contributed by atoms with E-state index in [0.717, 1.165) is 77.3 Å². The molecule has 0 saturated carbocycles. The summed E-state index contributed by atoms with van der Waals surface area (Å²) in [4.78, 5) is 15.2. The molecule has 0 spiro atoms. The molecule has 254 valence electrons. The van der Waals surface area contributed by atoms with Crippen LogP contribution in [0.2, 0.25) is 0 Å². The SMILES string of the molecule is N=C1/C(=N\Nc2ccccc2)C=Cc2ccc3ccc(-c4nc(-c5ccc(-c6ccccc6)cc5)nc(-c5ccc6oc7ccccc7c6c5)n4)cc3c21. The fraction of sp³-hybridized carbons (Fsp3) is 0. The molecule has 1 aliphatic rings. The van der Waals surface area contributed by atoms with Crippen LogP contribution in [0.25, 0.3) is 84.1 Å². The summed E-state index contributed by atoms with van der Waals surface area (Å²) < 4.78 is 6.13. The second kappa shape index (κ2) is 12.9. The number of aromatic nitrogens is 3. The van der Waals surface area contributed by atoms with Crippen LogP contribution in [0.4, 0.5) is 5.69 Å². The molecule has 7 aromatic carbocycles. The number of nitrogens with one attached hydrogen (secondary N) is 2. The standard InChI is InChI=1S/C47H30N6O/c48-44-40(53-52-36-11-5-2-6-12-36)25-23-32-19-17-31-18-22-34(27-38(31)43(32)44)46-49-45(33-20-15-30(16-21-33)29-9-3-1-4-10-29)50-47(51-46)35-24-26-42-39(28-35)37-13-7-8-14-41(37)54-42/h1-28,48,52H/b48-44?,53-40-. The van der Waals surface area contributed by atoms with E-state index < -0.39 is 0 Å². The first-order chi connectivity index (χ1) is 26.6. The molecule has 0 amide bonds. The van der Waals surface area contributed by atoms with Crippen LogP contribution in [0.5, 0.6) is 0 Å². The van der Waals surface area contributed by atoms with Gasteiger partial charge in [-0.15, -0.1) is 0 Å². The summed E-state index contributed by atoms with van der Waals surface area (Å²) >= 11 is 0. The zero-order chi connectivity index (χ0) is 36.0. The van der Waals surface area contributed by atoms with E-state index in [1.165, 1.54) is 0 Å². The topological polar surface area (TPSA) is 100 Å². The number of hydrogen-bond donors (Lipinski definition) is 2. The number of rotatable bonds is 6. The Labute approximate surface area is 310 Å². The lowest BCUT2D eigenvalue weighted by Crippen LogP contribution is -2.18. The third kappa shape index (κ3) is 5.61. The monoisotopic (exact) mass is 694 g/mol. The molecular weight excluding hydrogens is 665 g/mol. The van der Waals surface area contributed by atoms with Gasteiger partial charge >= 0.3 is 0 Å². The zero-order valence-corrected chi connectivity index (χ0v) is 28.9. The molecular formula is C47H30N6O. The number of anilines is 1. The van der Waals surface area contributed by atoms with Gasteiger partial charge in [0.05, 0.1) is 11.4 Å². The number of fused-ring (bicyclic) bond motifs is 6. The van der Waals surface area contributed by atoms with Gasteiger partial charge in [0.2, 0.25) is 0 Å². The fourth-order valence-electron chi connectivity index (χ4n) is 7.08. The molecule has 0 saturated heterocycles. The molecule has 0 radical (unpaired) electrons. The highest BCUT2D eigenvalue weighted by atomic mass is 16.3. The fourth-order valence-corrected chi connectivity index (χ4v) is 7.08. The number of allylic oxidation sites excluding steroid dienone is 1. The molecule has 0 fully saturated rings. The first-order valence-corrected chi connectivity index (χ1v) is 17.7. The minimum atomic E-state index is 0.342. The van der Waals surface area contributed by atoms with Crippen molar-refractivity contribution >= 4 is 55.9 Å². The Morgan fingerprint density at radius 2 is 1.06 bits per heavy atom. The summed E-state index contributed by atoms with van der Waals surface area (Å²) in [7, 11) is 0. The minimum Gasteiger partial charge on any atom is -0.456 e. The highest BCUT2D eigenvalue weighted by Gasteiger charge is 2.21. The van der Waals surface area contributed by atoms with Crippen molar-refractivity contribution in [3.8, 4) is 45.3 Å². The maximum Gasteiger partial charge on any atom is 0.164 e. The Bertz CT molecular complexity index is 2970. The average molecular weight is 695 g/mol. The van der Waals surface area contributed by atoms with Crippen molar-refractivity contribution in [3.05, 3.63) is 175 Å². The van der Waals surface area contributed by atoms with E-state index in [-0.39, 0.29) is 0 Å². The zero-order valence-electron chi connectivity index (χ0n) is 28.9. The summed E-state index contributed by atoms with van der Waals surface area (Å²) in [6.45, 7) is 0. The van der Waals surface area contributed by atoms with Gasteiger partial charge in [0, 0.05) is 33.0 Å². The smallest absolute Gasteiger partial charge is 0.164 e. The van der Waals surface area contributed by atoms with Crippen LogP contribution < -0.4 is 5.43 Å². The van der Waals surface area contributed by atoms with Crippen molar-refractivity contribution in [1.82, 2.24) is 15.0 Å². The van der Waals surface area contributed by atoms with Crippen molar-refractivity contribution in [1.29, 1.82) is 5.41 Å².